The highest BCUT2D eigenvalue weighted by molar-refractivity contribution is 5.94. The van der Waals surface area contributed by atoms with Gasteiger partial charge in [-0.25, -0.2) is 4.68 Å². The molecule has 0 spiro atoms. The number of hydrogen-bond donors (Lipinski definition) is 1. The van der Waals surface area contributed by atoms with E-state index in [2.05, 4.69) is 5.10 Å². The second-order valence-electron chi connectivity index (χ2n) is 3.93. The molecule has 2 aromatic rings. The Balaban J connectivity index is 2.50. The number of primary amides is 1. The summed E-state index contributed by atoms with van der Waals surface area (Å²) in [6.45, 7) is 0. The minimum atomic E-state index is -0.787. The number of hydrogen-bond acceptors (Lipinski definition) is 4. The molecule has 0 saturated carbocycles. The third-order valence-corrected chi connectivity index (χ3v) is 2.60. The van der Waals surface area contributed by atoms with Crippen LogP contribution in [0.3, 0.4) is 0 Å². The summed E-state index contributed by atoms with van der Waals surface area (Å²) in [6.07, 6.45) is 2.92. The Morgan fingerprint density at radius 2 is 2.00 bits per heavy atom. The van der Waals surface area contributed by atoms with Crippen molar-refractivity contribution in [3.05, 3.63) is 64.1 Å². The first-order chi connectivity index (χ1) is 9.63. The summed E-state index contributed by atoms with van der Waals surface area (Å²) in [5.41, 5.74) is 5.61. The van der Waals surface area contributed by atoms with Crippen LogP contribution in [0.1, 0.15) is 16.1 Å². The number of ether oxygens (including phenoxy) is 1. The van der Waals surface area contributed by atoms with Gasteiger partial charge >= 0.3 is 0 Å². The molecule has 1 amide bonds. The van der Waals surface area contributed by atoms with Crippen molar-refractivity contribution < 1.29 is 9.53 Å². The van der Waals surface area contributed by atoms with Crippen LogP contribution in [0.4, 0.5) is 0 Å². The van der Waals surface area contributed by atoms with Gasteiger partial charge in [-0.1, -0.05) is 30.3 Å². The highest BCUT2D eigenvalue weighted by atomic mass is 16.5. The van der Waals surface area contributed by atoms with Crippen LogP contribution in [0, 0.1) is 0 Å². The fourth-order valence-electron chi connectivity index (χ4n) is 1.70. The number of nitrogens with zero attached hydrogens (tertiary/aromatic N) is 2. The summed E-state index contributed by atoms with van der Waals surface area (Å²) in [7, 11) is 1.30. The van der Waals surface area contributed by atoms with E-state index in [1.165, 1.54) is 24.0 Å². The van der Waals surface area contributed by atoms with Gasteiger partial charge in [-0.05, 0) is 5.56 Å². The molecule has 1 aromatic heterocycles. The first-order valence-electron chi connectivity index (χ1n) is 5.82. The molecule has 1 heterocycles. The molecule has 20 heavy (non-hydrogen) atoms. The number of nitrogens with two attached hydrogens (primary N) is 1. The molecular formula is C14H13N3O3. The van der Waals surface area contributed by atoms with E-state index in [1.807, 2.05) is 30.3 Å². The van der Waals surface area contributed by atoms with Crippen molar-refractivity contribution in [3.8, 4) is 5.75 Å². The lowest BCUT2D eigenvalue weighted by molar-refractivity contribution is 0.0988. The van der Waals surface area contributed by atoms with E-state index in [9.17, 15) is 9.59 Å². The minimum Gasteiger partial charge on any atom is -0.491 e. The van der Waals surface area contributed by atoms with Crippen LogP contribution in [0.15, 0.2) is 52.5 Å². The molecule has 0 aliphatic heterocycles. The van der Waals surface area contributed by atoms with Gasteiger partial charge in [0.25, 0.3) is 5.91 Å². The fourth-order valence-corrected chi connectivity index (χ4v) is 1.70. The molecule has 0 aliphatic carbocycles. The van der Waals surface area contributed by atoms with Crippen LogP contribution < -0.4 is 15.9 Å². The van der Waals surface area contributed by atoms with Crippen LogP contribution >= 0.6 is 0 Å². The van der Waals surface area contributed by atoms with Gasteiger partial charge < -0.3 is 10.5 Å². The van der Waals surface area contributed by atoms with Crippen LogP contribution in [0.25, 0.3) is 0 Å². The van der Waals surface area contributed by atoms with Crippen molar-refractivity contribution in [2.45, 2.75) is 0 Å². The predicted molar refractivity (Wildman–Crippen MR) is 75.2 cm³/mol. The summed E-state index contributed by atoms with van der Waals surface area (Å²) in [6, 6.07) is 10.6. The van der Waals surface area contributed by atoms with Gasteiger partial charge in [0.05, 0.1) is 13.3 Å². The molecule has 0 saturated heterocycles. The SMILES string of the molecule is COc1c(C(N)=O)n(/N=C\c2ccccc2)ccc1=O. The first-order valence-corrected chi connectivity index (χ1v) is 5.82. The van der Waals surface area contributed by atoms with E-state index in [0.717, 1.165) is 5.56 Å². The number of carbonyl (C=O) groups excluding carboxylic acids is 1. The predicted octanol–water partition coefficient (Wildman–Crippen LogP) is 0.838. The van der Waals surface area contributed by atoms with Crippen LogP contribution in [-0.4, -0.2) is 23.9 Å². The molecule has 0 aliphatic rings. The Hall–Kier alpha value is -2.89. The average molecular weight is 271 g/mol. The van der Waals surface area contributed by atoms with Gasteiger partial charge in [-0.3, -0.25) is 9.59 Å². The topological polar surface area (TPSA) is 86.7 Å². The average Bonchev–Trinajstić information content (AvgIpc) is 2.46. The van der Waals surface area contributed by atoms with Gasteiger partial charge in [0, 0.05) is 12.3 Å². The molecule has 0 bridgehead atoms. The van der Waals surface area contributed by atoms with E-state index < -0.39 is 11.3 Å². The number of amides is 1. The molecule has 6 heteroatoms. The van der Waals surface area contributed by atoms with Gasteiger partial charge in [0.2, 0.25) is 5.43 Å². The van der Waals surface area contributed by atoms with E-state index in [1.54, 1.807) is 6.21 Å². The monoisotopic (exact) mass is 271 g/mol. The third-order valence-electron chi connectivity index (χ3n) is 2.60. The van der Waals surface area contributed by atoms with Crippen molar-refractivity contribution in [3.63, 3.8) is 0 Å². The number of rotatable bonds is 4. The van der Waals surface area contributed by atoms with Gasteiger partial charge in [-0.2, -0.15) is 5.10 Å². The Morgan fingerprint density at radius 3 is 2.60 bits per heavy atom. The number of aromatic nitrogens is 1. The van der Waals surface area contributed by atoms with Crippen molar-refractivity contribution >= 4 is 12.1 Å². The highest BCUT2D eigenvalue weighted by Gasteiger charge is 2.16. The van der Waals surface area contributed by atoms with Crippen LogP contribution in [0.5, 0.6) is 5.75 Å². The normalized spacial score (nSPS) is 10.7. The number of benzene rings is 1. The third kappa shape index (κ3) is 2.74. The second kappa shape index (κ2) is 5.83. The van der Waals surface area contributed by atoms with Crippen molar-refractivity contribution in [2.24, 2.45) is 10.8 Å². The first kappa shape index (κ1) is 13.5. The minimum absolute atomic E-state index is 0.0906. The van der Waals surface area contributed by atoms with Gasteiger partial charge in [0.1, 0.15) is 0 Å². The molecule has 102 valence electrons. The maximum absolute atomic E-state index is 11.6. The summed E-state index contributed by atoms with van der Waals surface area (Å²) >= 11 is 0. The molecule has 6 nitrogen and oxygen atoms in total. The van der Waals surface area contributed by atoms with Gasteiger partial charge in [-0.15, -0.1) is 0 Å². The summed E-state index contributed by atoms with van der Waals surface area (Å²) in [5.74, 6) is -0.907. The largest absolute Gasteiger partial charge is 0.491 e. The van der Waals surface area contributed by atoms with E-state index in [4.69, 9.17) is 10.5 Å². The molecule has 0 unspecified atom stereocenters. The molecule has 2 N–H and O–H groups in total. The maximum atomic E-state index is 11.6. The molecule has 0 atom stereocenters. The lowest BCUT2D eigenvalue weighted by Crippen LogP contribution is -2.22. The van der Waals surface area contributed by atoms with Gasteiger partial charge in [0.15, 0.2) is 11.4 Å². The zero-order valence-corrected chi connectivity index (χ0v) is 10.8. The van der Waals surface area contributed by atoms with E-state index >= 15 is 0 Å². The van der Waals surface area contributed by atoms with Crippen molar-refractivity contribution in [1.82, 2.24) is 4.68 Å². The summed E-state index contributed by atoms with van der Waals surface area (Å²) < 4.78 is 6.14. The number of methoxy groups -OCH3 is 1. The zero-order valence-electron chi connectivity index (χ0n) is 10.8. The number of carbonyl (C=O) groups is 1. The lowest BCUT2D eigenvalue weighted by atomic mass is 10.2. The fraction of sp³-hybridized carbons (Fsp3) is 0.0714. The smallest absolute Gasteiger partial charge is 0.271 e. The molecule has 0 radical (unpaired) electrons. The number of pyridine rings is 1. The summed E-state index contributed by atoms with van der Waals surface area (Å²) in [4.78, 5) is 23.1. The Morgan fingerprint density at radius 1 is 1.30 bits per heavy atom. The van der Waals surface area contributed by atoms with Crippen molar-refractivity contribution in [1.29, 1.82) is 0 Å². The Kier molecular flexibility index (Phi) is 3.95. The summed E-state index contributed by atoms with van der Waals surface area (Å²) in [5, 5.41) is 4.12. The van der Waals surface area contributed by atoms with Crippen LogP contribution in [0.2, 0.25) is 0 Å². The lowest BCUT2D eigenvalue weighted by Gasteiger charge is -2.09. The second-order valence-corrected chi connectivity index (χ2v) is 3.93. The molecule has 0 fully saturated rings. The molecular weight excluding hydrogens is 258 g/mol. The maximum Gasteiger partial charge on any atom is 0.271 e. The highest BCUT2D eigenvalue weighted by Crippen LogP contribution is 2.11. The molecule has 1 aromatic carbocycles. The zero-order chi connectivity index (χ0) is 14.5. The van der Waals surface area contributed by atoms with E-state index in [0.29, 0.717) is 0 Å². The van der Waals surface area contributed by atoms with Crippen LogP contribution in [-0.2, 0) is 0 Å². The standard InChI is InChI=1S/C14H13N3O3/c1-20-13-11(18)7-8-17(12(13)14(15)19)16-9-10-5-3-2-4-6-10/h2-9H,1H3,(H2,15,19)/b16-9-. The Bertz CT molecular complexity index is 705. The molecule has 2 rings (SSSR count). The quantitative estimate of drug-likeness (QED) is 0.836. The Labute approximate surface area is 115 Å². The van der Waals surface area contributed by atoms with Crippen molar-refractivity contribution in [2.75, 3.05) is 7.11 Å². The van der Waals surface area contributed by atoms with E-state index in [-0.39, 0.29) is 11.4 Å².